The summed E-state index contributed by atoms with van der Waals surface area (Å²) in [6.45, 7) is 0. The molecule has 0 aliphatic rings. The molecule has 0 saturated heterocycles. The first-order valence-electron chi connectivity index (χ1n) is 5.41. The molecule has 1 aromatic heterocycles. The van der Waals surface area contributed by atoms with Gasteiger partial charge < -0.3 is 10.5 Å². The van der Waals surface area contributed by atoms with Crippen LogP contribution in [0, 0.1) is 26.0 Å². The number of hydrogen-bond donors (Lipinski definition) is 1. The van der Waals surface area contributed by atoms with Gasteiger partial charge in [0.1, 0.15) is 5.82 Å². The fraction of sp³-hybridized carbons (Fsp3) is 0. The van der Waals surface area contributed by atoms with Crippen LogP contribution in [0.1, 0.15) is 0 Å². The van der Waals surface area contributed by atoms with E-state index in [1.165, 1.54) is 0 Å². The third kappa shape index (κ3) is 3.00. The number of pyridine rings is 1. The lowest BCUT2D eigenvalue weighted by Crippen LogP contribution is -2.00. The van der Waals surface area contributed by atoms with Crippen molar-refractivity contribution in [3.8, 4) is 11.6 Å². The largest absolute Gasteiger partial charge is 0.428 e. The number of hydrogen-bond acceptors (Lipinski definition) is 7. The minimum atomic E-state index is -1.00. The van der Waals surface area contributed by atoms with Crippen molar-refractivity contribution >= 4 is 17.2 Å². The molecule has 0 bridgehead atoms. The lowest BCUT2D eigenvalue weighted by Gasteiger charge is -2.06. The van der Waals surface area contributed by atoms with Crippen molar-refractivity contribution in [3.05, 3.63) is 56.4 Å². The summed E-state index contributed by atoms with van der Waals surface area (Å²) < 4.78 is 18.6. The number of ether oxygens (including phenoxy) is 1. The van der Waals surface area contributed by atoms with Gasteiger partial charge in [0.05, 0.1) is 22.0 Å². The smallest absolute Gasteiger partial charge is 0.314 e. The molecule has 108 valence electrons. The van der Waals surface area contributed by atoms with Gasteiger partial charge in [0.25, 0.3) is 5.69 Å². The summed E-state index contributed by atoms with van der Waals surface area (Å²) in [7, 11) is 0. The van der Waals surface area contributed by atoms with Crippen molar-refractivity contribution in [2.45, 2.75) is 0 Å². The van der Waals surface area contributed by atoms with E-state index in [0.29, 0.717) is 0 Å². The minimum Gasteiger partial charge on any atom is -0.428 e. The van der Waals surface area contributed by atoms with Crippen LogP contribution in [0.5, 0.6) is 11.6 Å². The van der Waals surface area contributed by atoms with Crippen LogP contribution < -0.4 is 10.5 Å². The average Bonchev–Trinajstić information content (AvgIpc) is 2.40. The molecule has 10 heteroatoms. The molecule has 1 aromatic carbocycles. The quantitative estimate of drug-likeness (QED) is 0.675. The Balaban J connectivity index is 2.48. The summed E-state index contributed by atoms with van der Waals surface area (Å²) in [5.41, 5.74) is 4.29. The summed E-state index contributed by atoms with van der Waals surface area (Å²) in [5.74, 6) is -2.36. The van der Waals surface area contributed by atoms with Crippen molar-refractivity contribution in [1.29, 1.82) is 0 Å². The van der Waals surface area contributed by atoms with Gasteiger partial charge in [-0.15, -0.1) is 0 Å². The highest BCUT2D eigenvalue weighted by atomic mass is 19.1. The van der Waals surface area contributed by atoms with E-state index in [-0.39, 0.29) is 5.82 Å². The summed E-state index contributed by atoms with van der Waals surface area (Å²) >= 11 is 0. The van der Waals surface area contributed by atoms with Gasteiger partial charge in [-0.05, 0) is 6.07 Å². The van der Waals surface area contributed by atoms with E-state index in [4.69, 9.17) is 10.5 Å². The minimum absolute atomic E-state index is 0.238. The number of rotatable bonds is 4. The van der Waals surface area contributed by atoms with Gasteiger partial charge in [-0.3, -0.25) is 20.2 Å². The molecule has 0 radical (unpaired) electrons. The van der Waals surface area contributed by atoms with E-state index < -0.39 is 38.7 Å². The Hall–Kier alpha value is -3.30. The van der Waals surface area contributed by atoms with E-state index in [9.17, 15) is 24.6 Å². The normalized spacial score (nSPS) is 10.1. The van der Waals surface area contributed by atoms with Crippen molar-refractivity contribution in [1.82, 2.24) is 4.98 Å². The molecule has 2 rings (SSSR count). The third-order valence-corrected chi connectivity index (χ3v) is 2.37. The second kappa shape index (κ2) is 5.36. The van der Waals surface area contributed by atoms with E-state index in [1.54, 1.807) is 0 Å². The number of nitrogens with zero attached hydrogens (tertiary/aromatic N) is 3. The van der Waals surface area contributed by atoms with Crippen molar-refractivity contribution in [2.24, 2.45) is 0 Å². The summed E-state index contributed by atoms with van der Waals surface area (Å²) in [6, 6.07) is 4.97. The second-order valence-corrected chi connectivity index (χ2v) is 3.79. The number of nitrogen functional groups attached to an aromatic ring is 1. The molecular weight excluding hydrogens is 287 g/mol. The summed E-state index contributed by atoms with van der Waals surface area (Å²) in [5, 5.41) is 21.5. The zero-order chi connectivity index (χ0) is 15.6. The van der Waals surface area contributed by atoms with E-state index in [1.807, 2.05) is 0 Å². The maximum atomic E-state index is 13.6. The maximum Gasteiger partial charge on any atom is 0.314 e. The Labute approximate surface area is 116 Å². The molecule has 21 heavy (non-hydrogen) atoms. The lowest BCUT2D eigenvalue weighted by atomic mass is 10.3. The summed E-state index contributed by atoms with van der Waals surface area (Å²) in [6.07, 6.45) is 0. The number of nitro groups is 2. The monoisotopic (exact) mass is 294 g/mol. The molecule has 0 unspecified atom stereocenters. The first-order valence-corrected chi connectivity index (χ1v) is 5.41. The Kier molecular flexibility index (Phi) is 3.61. The van der Waals surface area contributed by atoms with Gasteiger partial charge in [0.15, 0.2) is 5.82 Å². The van der Waals surface area contributed by atoms with Crippen LogP contribution in [0.25, 0.3) is 0 Å². The molecule has 9 nitrogen and oxygen atoms in total. The number of aromatic nitrogens is 1. The number of halogens is 1. The number of anilines is 1. The van der Waals surface area contributed by atoms with Crippen molar-refractivity contribution < 1.29 is 19.0 Å². The van der Waals surface area contributed by atoms with Crippen LogP contribution in [-0.4, -0.2) is 14.8 Å². The Morgan fingerprint density at radius 1 is 1.19 bits per heavy atom. The molecule has 0 saturated carbocycles. The Morgan fingerprint density at radius 3 is 2.52 bits per heavy atom. The highest BCUT2D eigenvalue weighted by Crippen LogP contribution is 2.34. The van der Waals surface area contributed by atoms with Gasteiger partial charge in [0, 0.05) is 6.07 Å². The van der Waals surface area contributed by atoms with Gasteiger partial charge in [-0.25, -0.2) is 4.39 Å². The van der Waals surface area contributed by atoms with Gasteiger partial charge in [-0.2, -0.15) is 4.98 Å². The van der Waals surface area contributed by atoms with Gasteiger partial charge in [0.2, 0.25) is 11.6 Å². The third-order valence-electron chi connectivity index (χ3n) is 2.37. The number of benzene rings is 1. The molecular formula is C11H7FN4O5. The fourth-order valence-corrected chi connectivity index (χ4v) is 1.52. The van der Waals surface area contributed by atoms with Crippen LogP contribution in [-0.2, 0) is 0 Å². The van der Waals surface area contributed by atoms with Crippen LogP contribution in [0.3, 0.4) is 0 Å². The second-order valence-electron chi connectivity index (χ2n) is 3.79. The van der Waals surface area contributed by atoms with E-state index >= 15 is 0 Å². The molecule has 2 aromatic rings. The molecule has 1 heterocycles. The Morgan fingerprint density at radius 2 is 1.90 bits per heavy atom. The molecule has 0 amide bonds. The van der Waals surface area contributed by atoms with Gasteiger partial charge >= 0.3 is 5.69 Å². The average molecular weight is 294 g/mol. The zero-order valence-corrected chi connectivity index (χ0v) is 10.2. The van der Waals surface area contributed by atoms with E-state index in [2.05, 4.69) is 4.98 Å². The number of para-hydroxylation sites is 1. The van der Waals surface area contributed by atoms with Gasteiger partial charge in [-0.1, -0.05) is 6.07 Å². The number of nitro benzene ring substituents is 1. The predicted molar refractivity (Wildman–Crippen MR) is 68.4 cm³/mol. The zero-order valence-electron chi connectivity index (χ0n) is 10.2. The topological polar surface area (TPSA) is 134 Å². The van der Waals surface area contributed by atoms with E-state index in [0.717, 1.165) is 30.3 Å². The molecule has 0 aliphatic heterocycles. The highest BCUT2D eigenvalue weighted by Gasteiger charge is 2.22. The maximum absolute atomic E-state index is 13.6. The summed E-state index contributed by atoms with van der Waals surface area (Å²) in [4.78, 5) is 23.5. The van der Waals surface area contributed by atoms with Crippen LogP contribution in [0.4, 0.5) is 21.6 Å². The van der Waals surface area contributed by atoms with Crippen LogP contribution in [0.2, 0.25) is 0 Å². The lowest BCUT2D eigenvalue weighted by molar-refractivity contribution is -0.386. The van der Waals surface area contributed by atoms with Crippen LogP contribution in [0.15, 0.2) is 30.3 Å². The molecule has 2 N–H and O–H groups in total. The molecule has 0 aliphatic carbocycles. The Bertz CT molecular complexity index is 737. The molecule has 0 spiro atoms. The fourth-order valence-electron chi connectivity index (χ4n) is 1.52. The predicted octanol–water partition coefficient (Wildman–Crippen LogP) is 2.41. The first kappa shape index (κ1) is 14.1. The highest BCUT2D eigenvalue weighted by molar-refractivity contribution is 5.51. The molecule has 0 atom stereocenters. The SMILES string of the molecule is Nc1cc([N+](=O)[O-])cc(Oc2c(F)cccc2[N+](=O)[O-])n1. The van der Waals surface area contributed by atoms with Crippen molar-refractivity contribution in [3.63, 3.8) is 0 Å². The standard InChI is InChI=1S/C11H7FN4O5/c12-7-2-1-3-8(16(19)20)11(7)21-10-5-6(15(17)18)4-9(13)14-10/h1-5H,(H2,13,14). The van der Waals surface area contributed by atoms with Crippen LogP contribution >= 0.6 is 0 Å². The number of nitrogens with two attached hydrogens (primary N) is 1. The molecule has 0 fully saturated rings. The first-order chi connectivity index (χ1) is 9.88. The van der Waals surface area contributed by atoms with Crippen molar-refractivity contribution in [2.75, 3.05) is 5.73 Å².